The zero-order chi connectivity index (χ0) is 16.1. The number of rotatable bonds is 6. The number of thioether (sulfide) groups is 1. The van der Waals surface area contributed by atoms with Crippen LogP contribution in [0.5, 0.6) is 0 Å². The third-order valence-corrected chi connectivity index (χ3v) is 4.21. The number of nitrogens with one attached hydrogen (secondary N) is 1. The molecule has 0 aliphatic carbocycles. The lowest BCUT2D eigenvalue weighted by Gasteiger charge is -2.03. The molecule has 3 rings (SSSR count). The van der Waals surface area contributed by atoms with Gasteiger partial charge >= 0.3 is 0 Å². The molecule has 0 radical (unpaired) electrons. The lowest BCUT2D eigenvalue weighted by Crippen LogP contribution is -2.24. The van der Waals surface area contributed by atoms with E-state index in [2.05, 4.69) is 15.3 Å². The van der Waals surface area contributed by atoms with Gasteiger partial charge in [0, 0.05) is 25.0 Å². The number of amides is 1. The van der Waals surface area contributed by atoms with E-state index in [0.29, 0.717) is 23.9 Å². The van der Waals surface area contributed by atoms with Crippen molar-refractivity contribution >= 4 is 17.7 Å². The van der Waals surface area contributed by atoms with Gasteiger partial charge in [-0.2, -0.15) is 0 Å². The Bertz CT molecular complexity index is 782. The number of benzene rings is 1. The number of aromatic nitrogens is 3. The fraction of sp³-hybridized carbons (Fsp3) is 0.188. The van der Waals surface area contributed by atoms with Gasteiger partial charge in [0.15, 0.2) is 5.16 Å². The van der Waals surface area contributed by atoms with E-state index in [1.165, 1.54) is 11.8 Å². The second-order valence-electron chi connectivity index (χ2n) is 4.90. The molecule has 6 nitrogen and oxygen atoms in total. The van der Waals surface area contributed by atoms with Crippen LogP contribution in [-0.2, 0) is 18.4 Å². The SMILES string of the molecule is Cn1ccnc1SCC(=O)NCc1coc(-c2ccccc2)n1. The van der Waals surface area contributed by atoms with E-state index >= 15 is 0 Å². The average Bonchev–Trinajstić information content (AvgIpc) is 3.21. The molecule has 2 heterocycles. The molecule has 0 aliphatic heterocycles. The summed E-state index contributed by atoms with van der Waals surface area (Å²) in [6.07, 6.45) is 5.12. The zero-order valence-corrected chi connectivity index (χ0v) is 13.4. The van der Waals surface area contributed by atoms with Gasteiger partial charge in [0.25, 0.3) is 0 Å². The standard InChI is InChI=1S/C16H16N4O2S/c1-20-8-7-17-16(20)23-11-14(21)18-9-13-10-22-15(19-13)12-5-3-2-4-6-12/h2-8,10H,9,11H2,1H3,(H,18,21). The molecule has 1 N–H and O–H groups in total. The highest BCUT2D eigenvalue weighted by atomic mass is 32.2. The predicted molar refractivity (Wildman–Crippen MR) is 87.7 cm³/mol. The van der Waals surface area contributed by atoms with Gasteiger partial charge in [0.1, 0.15) is 6.26 Å². The number of carbonyl (C=O) groups is 1. The minimum atomic E-state index is -0.0674. The summed E-state index contributed by atoms with van der Waals surface area (Å²) in [6.45, 7) is 0.344. The first-order valence-electron chi connectivity index (χ1n) is 7.09. The Morgan fingerprint density at radius 2 is 2.17 bits per heavy atom. The highest BCUT2D eigenvalue weighted by Gasteiger charge is 2.09. The Morgan fingerprint density at radius 1 is 1.35 bits per heavy atom. The number of hydrogen-bond donors (Lipinski definition) is 1. The van der Waals surface area contributed by atoms with E-state index < -0.39 is 0 Å². The van der Waals surface area contributed by atoms with Gasteiger partial charge in [-0.05, 0) is 12.1 Å². The topological polar surface area (TPSA) is 73.0 Å². The van der Waals surface area contributed by atoms with Gasteiger partial charge in [-0.1, -0.05) is 30.0 Å². The first-order chi connectivity index (χ1) is 11.2. The summed E-state index contributed by atoms with van der Waals surface area (Å²) in [5.41, 5.74) is 1.61. The number of aryl methyl sites for hydroxylation is 1. The fourth-order valence-corrected chi connectivity index (χ4v) is 2.72. The van der Waals surface area contributed by atoms with Crippen LogP contribution < -0.4 is 5.32 Å². The summed E-state index contributed by atoms with van der Waals surface area (Å²) < 4.78 is 7.31. The van der Waals surface area contributed by atoms with E-state index in [0.717, 1.165) is 10.7 Å². The minimum absolute atomic E-state index is 0.0674. The van der Waals surface area contributed by atoms with E-state index in [1.54, 1.807) is 12.5 Å². The van der Waals surface area contributed by atoms with Gasteiger partial charge in [-0.25, -0.2) is 9.97 Å². The lowest BCUT2D eigenvalue weighted by atomic mass is 10.2. The third kappa shape index (κ3) is 4.01. The number of nitrogens with zero attached hydrogens (tertiary/aromatic N) is 3. The molecule has 0 saturated heterocycles. The van der Waals surface area contributed by atoms with Crippen LogP contribution >= 0.6 is 11.8 Å². The highest BCUT2D eigenvalue weighted by molar-refractivity contribution is 7.99. The summed E-state index contributed by atoms with van der Waals surface area (Å²) in [5, 5.41) is 3.64. The Hall–Kier alpha value is -2.54. The number of hydrogen-bond acceptors (Lipinski definition) is 5. The molecule has 7 heteroatoms. The van der Waals surface area contributed by atoms with Crippen LogP contribution in [-0.4, -0.2) is 26.2 Å². The van der Waals surface area contributed by atoms with E-state index in [1.807, 2.05) is 48.1 Å². The molecule has 1 amide bonds. The Morgan fingerprint density at radius 3 is 2.91 bits per heavy atom. The van der Waals surface area contributed by atoms with Crippen molar-refractivity contribution in [2.75, 3.05) is 5.75 Å². The van der Waals surface area contributed by atoms with Crippen LogP contribution in [0.1, 0.15) is 5.69 Å². The van der Waals surface area contributed by atoms with Crippen LogP contribution in [0.15, 0.2) is 58.6 Å². The minimum Gasteiger partial charge on any atom is -0.444 e. The summed E-state index contributed by atoms with van der Waals surface area (Å²) in [4.78, 5) is 20.4. The predicted octanol–water partition coefficient (Wildman–Crippen LogP) is 2.48. The van der Waals surface area contributed by atoms with Crippen molar-refractivity contribution in [2.24, 2.45) is 7.05 Å². The van der Waals surface area contributed by atoms with Crippen molar-refractivity contribution in [1.29, 1.82) is 0 Å². The first kappa shape index (κ1) is 15.4. The van der Waals surface area contributed by atoms with Crippen molar-refractivity contribution in [3.8, 4) is 11.5 Å². The molecule has 0 aliphatic rings. The lowest BCUT2D eigenvalue weighted by molar-refractivity contribution is -0.118. The highest BCUT2D eigenvalue weighted by Crippen LogP contribution is 2.18. The molecule has 0 fully saturated rings. The average molecular weight is 328 g/mol. The molecular formula is C16H16N4O2S. The second-order valence-corrected chi connectivity index (χ2v) is 5.84. The van der Waals surface area contributed by atoms with Crippen LogP contribution in [0.25, 0.3) is 11.5 Å². The third-order valence-electron chi connectivity index (χ3n) is 3.15. The summed E-state index contributed by atoms with van der Waals surface area (Å²) in [5.74, 6) is 0.799. The summed E-state index contributed by atoms with van der Waals surface area (Å²) in [6, 6.07) is 9.65. The molecule has 0 saturated carbocycles. The van der Waals surface area contributed by atoms with Crippen molar-refractivity contribution in [2.45, 2.75) is 11.7 Å². The maximum atomic E-state index is 11.9. The van der Waals surface area contributed by atoms with Crippen LogP contribution in [0, 0.1) is 0 Å². The summed E-state index contributed by atoms with van der Waals surface area (Å²) >= 11 is 1.39. The Labute approximate surface area is 137 Å². The van der Waals surface area contributed by atoms with E-state index in [-0.39, 0.29) is 5.91 Å². The maximum absolute atomic E-state index is 11.9. The molecule has 23 heavy (non-hydrogen) atoms. The number of oxazole rings is 1. The molecule has 0 unspecified atom stereocenters. The van der Waals surface area contributed by atoms with E-state index in [4.69, 9.17) is 4.42 Å². The van der Waals surface area contributed by atoms with Crippen LogP contribution in [0.2, 0.25) is 0 Å². The van der Waals surface area contributed by atoms with Gasteiger partial charge in [-0.3, -0.25) is 4.79 Å². The normalized spacial score (nSPS) is 10.7. The molecule has 0 atom stereocenters. The van der Waals surface area contributed by atoms with Crippen molar-refractivity contribution < 1.29 is 9.21 Å². The maximum Gasteiger partial charge on any atom is 0.230 e. The van der Waals surface area contributed by atoms with Gasteiger partial charge < -0.3 is 14.3 Å². The smallest absolute Gasteiger partial charge is 0.230 e. The molecule has 2 aromatic heterocycles. The van der Waals surface area contributed by atoms with Crippen LogP contribution in [0.4, 0.5) is 0 Å². The Balaban J connectivity index is 1.50. The molecule has 1 aromatic carbocycles. The Kier molecular flexibility index (Phi) is 4.77. The van der Waals surface area contributed by atoms with Gasteiger partial charge in [0.05, 0.1) is 18.0 Å². The van der Waals surface area contributed by atoms with Gasteiger partial charge in [-0.15, -0.1) is 0 Å². The first-order valence-corrected chi connectivity index (χ1v) is 8.07. The zero-order valence-electron chi connectivity index (χ0n) is 12.6. The van der Waals surface area contributed by atoms with Crippen molar-refractivity contribution in [1.82, 2.24) is 19.9 Å². The molecule has 3 aromatic rings. The molecule has 118 valence electrons. The van der Waals surface area contributed by atoms with Crippen LogP contribution in [0.3, 0.4) is 0 Å². The van der Waals surface area contributed by atoms with E-state index in [9.17, 15) is 4.79 Å². The molecular weight excluding hydrogens is 312 g/mol. The molecule has 0 bridgehead atoms. The van der Waals surface area contributed by atoms with Crippen molar-refractivity contribution in [3.05, 3.63) is 54.7 Å². The quantitative estimate of drug-likeness (QED) is 0.704. The van der Waals surface area contributed by atoms with Gasteiger partial charge in [0.2, 0.25) is 11.8 Å². The van der Waals surface area contributed by atoms with Crippen molar-refractivity contribution in [3.63, 3.8) is 0 Å². The summed E-state index contributed by atoms with van der Waals surface area (Å²) in [7, 11) is 1.90. The largest absolute Gasteiger partial charge is 0.444 e. The monoisotopic (exact) mass is 328 g/mol. The number of imidazole rings is 1. The molecule has 0 spiro atoms. The number of carbonyl (C=O) groups excluding carboxylic acids is 1. The fourth-order valence-electron chi connectivity index (χ4n) is 1.96. The second kappa shape index (κ2) is 7.15.